The Bertz CT molecular complexity index is 438. The van der Waals surface area contributed by atoms with Gasteiger partial charge in [-0.3, -0.25) is 4.98 Å². The summed E-state index contributed by atoms with van der Waals surface area (Å²) < 4.78 is 0. The van der Waals surface area contributed by atoms with Gasteiger partial charge in [-0.15, -0.1) is 11.8 Å². The predicted octanol–water partition coefficient (Wildman–Crippen LogP) is 4.60. The number of aromatic nitrogens is 1. The van der Waals surface area contributed by atoms with E-state index in [-0.39, 0.29) is 0 Å². The van der Waals surface area contributed by atoms with Gasteiger partial charge in [0.05, 0.1) is 5.52 Å². The Hall–Kier alpha value is -1.06. The molecule has 1 N–H and O–H groups in total. The minimum atomic E-state index is 1.03. The van der Waals surface area contributed by atoms with Gasteiger partial charge in [0.1, 0.15) is 0 Å². The van der Waals surface area contributed by atoms with Gasteiger partial charge in [-0.25, -0.2) is 0 Å². The predicted molar refractivity (Wildman–Crippen MR) is 89.1 cm³/mol. The highest BCUT2D eigenvalue weighted by molar-refractivity contribution is 7.99. The van der Waals surface area contributed by atoms with Crippen LogP contribution in [0.3, 0.4) is 0 Å². The van der Waals surface area contributed by atoms with Gasteiger partial charge in [-0.1, -0.05) is 45.9 Å². The Labute approximate surface area is 122 Å². The zero-order chi connectivity index (χ0) is 14.5. The summed E-state index contributed by atoms with van der Waals surface area (Å²) in [6.07, 6.45) is 1.88. The lowest BCUT2D eigenvalue weighted by Crippen LogP contribution is -2.09. The van der Waals surface area contributed by atoms with Crippen LogP contribution in [0, 0.1) is 0 Å². The van der Waals surface area contributed by atoms with E-state index in [0.717, 1.165) is 17.8 Å². The van der Waals surface area contributed by atoms with E-state index < -0.39 is 0 Å². The zero-order valence-corrected chi connectivity index (χ0v) is 13.6. The molecule has 0 aliphatic rings. The van der Waals surface area contributed by atoms with Crippen molar-refractivity contribution in [1.29, 1.82) is 0 Å². The molecule has 19 heavy (non-hydrogen) atoms. The molecule has 0 unspecified atom stereocenters. The molecule has 2 nitrogen and oxygen atoms in total. The summed E-state index contributed by atoms with van der Waals surface area (Å²) in [4.78, 5) is 5.66. The SMILES string of the molecule is CC.CC.CNCCSc1ccnc2ccccc12. The summed E-state index contributed by atoms with van der Waals surface area (Å²) >= 11 is 1.87. The molecule has 0 saturated heterocycles. The monoisotopic (exact) mass is 278 g/mol. The Morgan fingerprint density at radius 1 is 1.05 bits per heavy atom. The fourth-order valence-electron chi connectivity index (χ4n) is 1.46. The summed E-state index contributed by atoms with van der Waals surface area (Å²) in [5.41, 5.74) is 1.08. The normalized spacial score (nSPS) is 9.11. The number of thioether (sulfide) groups is 1. The van der Waals surface area contributed by atoms with Gasteiger partial charge in [0.2, 0.25) is 0 Å². The first-order valence-electron chi connectivity index (χ1n) is 7.03. The van der Waals surface area contributed by atoms with Crippen molar-refractivity contribution in [3.8, 4) is 0 Å². The van der Waals surface area contributed by atoms with Crippen molar-refractivity contribution in [3.05, 3.63) is 36.5 Å². The van der Waals surface area contributed by atoms with Crippen molar-refractivity contribution < 1.29 is 0 Å². The van der Waals surface area contributed by atoms with Crippen LogP contribution in [-0.4, -0.2) is 24.3 Å². The van der Waals surface area contributed by atoms with Gasteiger partial charge in [0, 0.05) is 28.8 Å². The van der Waals surface area contributed by atoms with Crippen LogP contribution in [0.4, 0.5) is 0 Å². The van der Waals surface area contributed by atoms with E-state index in [1.54, 1.807) is 0 Å². The molecule has 2 rings (SSSR count). The highest BCUT2D eigenvalue weighted by Crippen LogP contribution is 2.25. The average molecular weight is 278 g/mol. The van der Waals surface area contributed by atoms with Crippen LogP contribution in [0.25, 0.3) is 10.9 Å². The second kappa shape index (κ2) is 12.0. The number of nitrogens with zero attached hydrogens (tertiary/aromatic N) is 1. The van der Waals surface area contributed by atoms with Gasteiger partial charge >= 0.3 is 0 Å². The Kier molecular flexibility index (Phi) is 11.3. The van der Waals surface area contributed by atoms with E-state index in [1.165, 1.54) is 10.3 Å². The lowest BCUT2D eigenvalue weighted by atomic mass is 10.2. The third kappa shape index (κ3) is 6.08. The van der Waals surface area contributed by atoms with Crippen LogP contribution < -0.4 is 5.32 Å². The standard InChI is InChI=1S/C12H14N2S.2C2H6/c1-13-8-9-15-12-6-7-14-11-5-3-2-4-10(11)12;2*1-2/h2-7,13H,8-9H2,1H3;2*1-2H3. The fraction of sp³-hybridized carbons (Fsp3) is 0.438. The van der Waals surface area contributed by atoms with E-state index >= 15 is 0 Å². The number of rotatable bonds is 4. The van der Waals surface area contributed by atoms with Crippen LogP contribution >= 0.6 is 11.8 Å². The minimum Gasteiger partial charge on any atom is -0.319 e. The molecule has 0 aliphatic heterocycles. The first-order chi connectivity index (χ1) is 9.42. The molecule has 1 heterocycles. The molecule has 106 valence electrons. The van der Waals surface area contributed by atoms with Gasteiger partial charge in [-0.05, 0) is 19.2 Å². The number of fused-ring (bicyclic) bond motifs is 1. The largest absolute Gasteiger partial charge is 0.319 e. The number of hydrogen-bond donors (Lipinski definition) is 1. The van der Waals surface area contributed by atoms with Gasteiger partial charge in [0.25, 0.3) is 0 Å². The van der Waals surface area contributed by atoms with E-state index in [2.05, 4.69) is 34.6 Å². The summed E-state index contributed by atoms with van der Waals surface area (Å²) in [5.74, 6) is 1.09. The summed E-state index contributed by atoms with van der Waals surface area (Å²) in [6, 6.07) is 10.4. The van der Waals surface area contributed by atoms with E-state index in [1.807, 2.05) is 58.8 Å². The van der Waals surface area contributed by atoms with Crippen LogP contribution in [0.15, 0.2) is 41.4 Å². The summed E-state index contributed by atoms with van der Waals surface area (Å²) in [6.45, 7) is 9.03. The van der Waals surface area contributed by atoms with E-state index in [0.29, 0.717) is 0 Å². The van der Waals surface area contributed by atoms with Crippen LogP contribution in [0.1, 0.15) is 27.7 Å². The molecule has 0 fully saturated rings. The molecule has 0 atom stereocenters. The molecule has 1 aromatic carbocycles. The Balaban J connectivity index is 0.000000741. The molecular weight excluding hydrogens is 252 g/mol. The first kappa shape index (κ1) is 17.9. The molecular formula is C16H26N2S. The van der Waals surface area contributed by atoms with Crippen LogP contribution in [0.2, 0.25) is 0 Å². The van der Waals surface area contributed by atoms with Crippen molar-refractivity contribution in [1.82, 2.24) is 10.3 Å². The molecule has 0 radical (unpaired) electrons. The van der Waals surface area contributed by atoms with Gasteiger partial charge in [-0.2, -0.15) is 0 Å². The summed E-state index contributed by atoms with van der Waals surface area (Å²) in [7, 11) is 1.98. The molecule has 1 aromatic heterocycles. The third-order valence-corrected chi connectivity index (χ3v) is 3.29. The van der Waals surface area contributed by atoms with Crippen molar-refractivity contribution in [2.24, 2.45) is 0 Å². The van der Waals surface area contributed by atoms with Gasteiger partial charge < -0.3 is 5.32 Å². The summed E-state index contributed by atoms with van der Waals surface area (Å²) in [5, 5.41) is 4.40. The second-order valence-electron chi connectivity index (χ2n) is 3.28. The molecule has 0 saturated carbocycles. The fourth-order valence-corrected chi connectivity index (χ4v) is 2.47. The highest BCUT2D eigenvalue weighted by atomic mass is 32.2. The molecule has 3 heteroatoms. The zero-order valence-electron chi connectivity index (χ0n) is 12.7. The number of nitrogens with one attached hydrogen (secondary N) is 1. The maximum atomic E-state index is 4.34. The van der Waals surface area contributed by atoms with Crippen LogP contribution in [-0.2, 0) is 0 Å². The minimum absolute atomic E-state index is 1.03. The van der Waals surface area contributed by atoms with Crippen molar-refractivity contribution in [2.75, 3.05) is 19.3 Å². The maximum absolute atomic E-state index is 4.34. The van der Waals surface area contributed by atoms with Crippen molar-refractivity contribution in [3.63, 3.8) is 0 Å². The number of pyridine rings is 1. The first-order valence-corrected chi connectivity index (χ1v) is 8.01. The topological polar surface area (TPSA) is 24.9 Å². The quantitative estimate of drug-likeness (QED) is 0.653. The second-order valence-corrected chi connectivity index (χ2v) is 4.42. The maximum Gasteiger partial charge on any atom is 0.0713 e. The lowest BCUT2D eigenvalue weighted by Gasteiger charge is -2.04. The highest BCUT2D eigenvalue weighted by Gasteiger charge is 2.00. The molecule has 0 bridgehead atoms. The molecule has 0 aliphatic carbocycles. The lowest BCUT2D eigenvalue weighted by molar-refractivity contribution is 0.872. The molecule has 0 amide bonds. The van der Waals surface area contributed by atoms with Crippen molar-refractivity contribution in [2.45, 2.75) is 32.6 Å². The number of benzene rings is 1. The van der Waals surface area contributed by atoms with Gasteiger partial charge in [0.15, 0.2) is 0 Å². The molecule has 2 aromatic rings. The number of para-hydroxylation sites is 1. The molecule has 0 spiro atoms. The number of hydrogen-bond acceptors (Lipinski definition) is 3. The Morgan fingerprint density at radius 3 is 2.42 bits per heavy atom. The van der Waals surface area contributed by atoms with Crippen LogP contribution in [0.5, 0.6) is 0 Å². The van der Waals surface area contributed by atoms with E-state index in [9.17, 15) is 0 Å². The smallest absolute Gasteiger partial charge is 0.0713 e. The van der Waals surface area contributed by atoms with Crippen molar-refractivity contribution >= 4 is 22.7 Å². The average Bonchev–Trinajstić information content (AvgIpc) is 2.52. The third-order valence-electron chi connectivity index (χ3n) is 2.22. The van der Waals surface area contributed by atoms with E-state index in [4.69, 9.17) is 0 Å². The Morgan fingerprint density at radius 2 is 1.74 bits per heavy atom.